The predicted molar refractivity (Wildman–Crippen MR) is 106 cm³/mol. The number of amides is 1. The third-order valence-electron chi connectivity index (χ3n) is 5.60. The quantitative estimate of drug-likeness (QED) is 0.756. The molecule has 0 bridgehead atoms. The van der Waals surface area contributed by atoms with Gasteiger partial charge in [-0.1, -0.05) is 24.6 Å². The number of hydrogen-bond donors (Lipinski definition) is 2. The maximum atomic E-state index is 12.6. The molecular weight excluding hydrogens is 342 g/mol. The zero-order valence-corrected chi connectivity index (χ0v) is 16.4. The summed E-state index contributed by atoms with van der Waals surface area (Å²) < 4.78 is 5.79. The van der Waals surface area contributed by atoms with Crippen LogP contribution in [0.5, 0.6) is 5.75 Å². The summed E-state index contributed by atoms with van der Waals surface area (Å²) >= 11 is 0. The minimum atomic E-state index is 0.115. The van der Waals surface area contributed by atoms with E-state index in [0.29, 0.717) is 25.6 Å². The van der Waals surface area contributed by atoms with E-state index in [1.165, 1.54) is 6.42 Å². The van der Waals surface area contributed by atoms with Gasteiger partial charge in [0.15, 0.2) is 0 Å². The molecular formula is C21H33N3O3. The van der Waals surface area contributed by atoms with E-state index in [0.717, 1.165) is 50.2 Å². The fourth-order valence-corrected chi connectivity index (χ4v) is 4.28. The van der Waals surface area contributed by atoms with Gasteiger partial charge in [-0.25, -0.2) is 0 Å². The first-order valence-electron chi connectivity index (χ1n) is 10.2. The Morgan fingerprint density at radius 2 is 2.22 bits per heavy atom. The van der Waals surface area contributed by atoms with Crippen LogP contribution in [0.15, 0.2) is 24.3 Å². The number of fused-ring (bicyclic) bond motifs is 1. The highest BCUT2D eigenvalue weighted by Gasteiger charge is 2.25. The third-order valence-corrected chi connectivity index (χ3v) is 5.60. The molecule has 1 saturated carbocycles. The summed E-state index contributed by atoms with van der Waals surface area (Å²) in [5, 5.41) is 12.3. The summed E-state index contributed by atoms with van der Waals surface area (Å²) in [6, 6.07) is 8.34. The molecule has 0 spiro atoms. The standard InChI is InChI=1S/C21H33N3O3/c1-23(9-11-25)14-17-5-4-7-19(13-17)22-21(26)16-24-10-12-27-20-8-3-2-6-18(20)15-24/h2-3,6,8,17,19,25H,4-5,7,9-16H2,1H3,(H,22,26)/t17-,19-/m1/s1. The fraction of sp³-hybridized carbons (Fsp3) is 0.667. The zero-order valence-electron chi connectivity index (χ0n) is 16.4. The first-order valence-corrected chi connectivity index (χ1v) is 10.2. The third kappa shape index (κ3) is 6.19. The van der Waals surface area contributed by atoms with Crippen molar-refractivity contribution >= 4 is 5.91 Å². The molecule has 2 atom stereocenters. The number of para-hydroxylation sites is 1. The largest absolute Gasteiger partial charge is 0.492 e. The highest BCUT2D eigenvalue weighted by atomic mass is 16.5. The lowest BCUT2D eigenvalue weighted by molar-refractivity contribution is -0.123. The Kier molecular flexibility index (Phi) is 7.50. The minimum Gasteiger partial charge on any atom is -0.492 e. The molecule has 1 amide bonds. The SMILES string of the molecule is CN(CCO)C[C@@H]1CCC[C@@H](NC(=O)CN2CCOc3ccccc3C2)C1. The lowest BCUT2D eigenvalue weighted by Gasteiger charge is -2.32. The molecule has 1 aliphatic heterocycles. The Balaban J connectivity index is 1.46. The first kappa shape index (κ1) is 20.1. The molecule has 1 heterocycles. The highest BCUT2D eigenvalue weighted by molar-refractivity contribution is 5.78. The van der Waals surface area contributed by atoms with Gasteiger partial charge in [-0.2, -0.15) is 0 Å². The number of likely N-dealkylation sites (N-methyl/N-ethyl adjacent to an activating group) is 1. The van der Waals surface area contributed by atoms with Gasteiger partial charge in [0, 0.05) is 37.8 Å². The summed E-state index contributed by atoms with van der Waals surface area (Å²) in [6.45, 7) is 4.46. The van der Waals surface area contributed by atoms with Crippen LogP contribution in [0.1, 0.15) is 31.2 Å². The van der Waals surface area contributed by atoms with Crippen LogP contribution in [0, 0.1) is 5.92 Å². The Hall–Kier alpha value is -1.63. The summed E-state index contributed by atoms with van der Waals surface area (Å²) in [6.07, 6.45) is 4.47. The van der Waals surface area contributed by atoms with E-state index in [2.05, 4.69) is 28.2 Å². The number of aliphatic hydroxyl groups excluding tert-OH is 1. The van der Waals surface area contributed by atoms with Crippen LogP contribution >= 0.6 is 0 Å². The molecule has 1 aromatic carbocycles. The summed E-state index contributed by atoms with van der Waals surface area (Å²) in [5.74, 6) is 1.64. The van der Waals surface area contributed by atoms with Crippen LogP contribution < -0.4 is 10.1 Å². The fourth-order valence-electron chi connectivity index (χ4n) is 4.28. The zero-order chi connectivity index (χ0) is 19.1. The lowest BCUT2D eigenvalue weighted by Crippen LogP contribution is -2.45. The summed E-state index contributed by atoms with van der Waals surface area (Å²) in [5.41, 5.74) is 1.15. The Morgan fingerprint density at radius 3 is 3.07 bits per heavy atom. The molecule has 3 rings (SSSR count). The van der Waals surface area contributed by atoms with Crippen LogP contribution in [0.2, 0.25) is 0 Å². The van der Waals surface area contributed by atoms with Gasteiger partial charge >= 0.3 is 0 Å². The number of carbonyl (C=O) groups excluding carboxylic acids is 1. The summed E-state index contributed by atoms with van der Waals surface area (Å²) in [4.78, 5) is 16.9. The molecule has 0 saturated heterocycles. The lowest BCUT2D eigenvalue weighted by atomic mass is 9.85. The van der Waals surface area contributed by atoms with Crippen molar-refractivity contribution in [3.63, 3.8) is 0 Å². The molecule has 6 heteroatoms. The Bertz CT molecular complexity index is 610. The van der Waals surface area contributed by atoms with Crippen molar-refractivity contribution in [2.75, 3.05) is 46.4 Å². The van der Waals surface area contributed by atoms with Crippen LogP contribution in [-0.2, 0) is 11.3 Å². The van der Waals surface area contributed by atoms with Crippen molar-refractivity contribution in [3.05, 3.63) is 29.8 Å². The number of aliphatic hydroxyl groups is 1. The molecule has 1 aromatic rings. The van der Waals surface area contributed by atoms with E-state index in [-0.39, 0.29) is 18.6 Å². The van der Waals surface area contributed by atoms with E-state index < -0.39 is 0 Å². The molecule has 1 fully saturated rings. The smallest absolute Gasteiger partial charge is 0.234 e. The molecule has 150 valence electrons. The number of ether oxygens (including phenoxy) is 1. The van der Waals surface area contributed by atoms with Crippen LogP contribution in [0.4, 0.5) is 0 Å². The van der Waals surface area contributed by atoms with Gasteiger partial charge in [-0.05, 0) is 38.3 Å². The number of benzene rings is 1. The molecule has 1 aliphatic carbocycles. The van der Waals surface area contributed by atoms with Gasteiger partial charge in [0.05, 0.1) is 13.2 Å². The van der Waals surface area contributed by atoms with Gasteiger partial charge in [0.2, 0.25) is 5.91 Å². The van der Waals surface area contributed by atoms with Gasteiger partial charge < -0.3 is 20.1 Å². The average molecular weight is 376 g/mol. The molecule has 0 unspecified atom stereocenters. The number of nitrogens with one attached hydrogen (secondary N) is 1. The second kappa shape index (κ2) is 10.1. The molecule has 0 radical (unpaired) electrons. The van der Waals surface area contributed by atoms with E-state index in [1.54, 1.807) is 0 Å². The van der Waals surface area contributed by atoms with Crippen molar-refractivity contribution in [3.8, 4) is 5.75 Å². The van der Waals surface area contributed by atoms with E-state index >= 15 is 0 Å². The Morgan fingerprint density at radius 1 is 1.37 bits per heavy atom. The van der Waals surface area contributed by atoms with Crippen LogP contribution in [0.3, 0.4) is 0 Å². The van der Waals surface area contributed by atoms with E-state index in [4.69, 9.17) is 9.84 Å². The second-order valence-corrected chi connectivity index (χ2v) is 7.95. The van der Waals surface area contributed by atoms with Crippen LogP contribution in [-0.4, -0.2) is 73.3 Å². The number of carbonyl (C=O) groups is 1. The topological polar surface area (TPSA) is 65.0 Å². The van der Waals surface area contributed by atoms with Gasteiger partial charge in [0.1, 0.15) is 12.4 Å². The normalized spacial score (nSPS) is 23.4. The Labute approximate surface area is 162 Å². The van der Waals surface area contributed by atoms with Crippen molar-refractivity contribution in [1.29, 1.82) is 0 Å². The first-order chi connectivity index (χ1) is 13.1. The van der Waals surface area contributed by atoms with E-state index in [9.17, 15) is 4.79 Å². The number of hydrogen-bond acceptors (Lipinski definition) is 5. The molecule has 2 N–H and O–H groups in total. The number of nitrogens with zero attached hydrogens (tertiary/aromatic N) is 2. The monoisotopic (exact) mass is 375 g/mol. The maximum Gasteiger partial charge on any atom is 0.234 e. The van der Waals surface area contributed by atoms with Crippen molar-refractivity contribution in [1.82, 2.24) is 15.1 Å². The molecule has 0 aromatic heterocycles. The van der Waals surface area contributed by atoms with Gasteiger partial charge in [-0.15, -0.1) is 0 Å². The van der Waals surface area contributed by atoms with Crippen molar-refractivity contribution in [2.24, 2.45) is 5.92 Å². The van der Waals surface area contributed by atoms with Crippen molar-refractivity contribution in [2.45, 2.75) is 38.3 Å². The molecule has 2 aliphatic rings. The van der Waals surface area contributed by atoms with Gasteiger partial charge in [-0.3, -0.25) is 9.69 Å². The number of rotatable bonds is 7. The molecule has 27 heavy (non-hydrogen) atoms. The van der Waals surface area contributed by atoms with E-state index in [1.807, 2.05) is 18.2 Å². The van der Waals surface area contributed by atoms with Crippen molar-refractivity contribution < 1.29 is 14.6 Å². The summed E-state index contributed by atoms with van der Waals surface area (Å²) in [7, 11) is 2.05. The highest BCUT2D eigenvalue weighted by Crippen LogP contribution is 2.25. The maximum absolute atomic E-state index is 12.6. The van der Waals surface area contributed by atoms with Gasteiger partial charge in [0.25, 0.3) is 0 Å². The minimum absolute atomic E-state index is 0.115. The second-order valence-electron chi connectivity index (χ2n) is 7.95. The average Bonchev–Trinajstić information content (AvgIpc) is 2.83. The molecule has 6 nitrogen and oxygen atoms in total. The predicted octanol–water partition coefficient (Wildman–Crippen LogP) is 1.48. The van der Waals surface area contributed by atoms with Crippen LogP contribution in [0.25, 0.3) is 0 Å².